The molecule has 0 bridgehead atoms. The van der Waals surface area contributed by atoms with E-state index in [1.807, 2.05) is 48.7 Å². The Morgan fingerprint density at radius 2 is 1.81 bits per heavy atom. The zero-order valence-electron chi connectivity index (χ0n) is 17.3. The summed E-state index contributed by atoms with van der Waals surface area (Å²) in [6.07, 6.45) is 1.71. The van der Waals surface area contributed by atoms with E-state index in [1.54, 1.807) is 24.4 Å². The Balaban J connectivity index is 1.64. The molecule has 0 aliphatic rings. The van der Waals surface area contributed by atoms with E-state index in [0.29, 0.717) is 32.4 Å². The van der Waals surface area contributed by atoms with Crippen LogP contribution in [-0.2, 0) is 4.79 Å². The number of carbonyl (C=O) groups excluding carboxylic acids is 1. The van der Waals surface area contributed by atoms with Gasteiger partial charge in [-0.25, -0.2) is 0 Å². The number of halogens is 2. The molecule has 9 heteroatoms. The van der Waals surface area contributed by atoms with E-state index >= 15 is 0 Å². The summed E-state index contributed by atoms with van der Waals surface area (Å²) >= 11 is 13.6. The van der Waals surface area contributed by atoms with Crippen LogP contribution < -0.4 is 5.32 Å². The summed E-state index contributed by atoms with van der Waals surface area (Å²) < 4.78 is 1.93. The van der Waals surface area contributed by atoms with Crippen LogP contribution in [0.4, 0.5) is 5.69 Å². The third kappa shape index (κ3) is 4.80. The molecule has 0 saturated heterocycles. The van der Waals surface area contributed by atoms with Crippen molar-refractivity contribution in [1.82, 2.24) is 19.7 Å². The zero-order valence-corrected chi connectivity index (χ0v) is 19.7. The van der Waals surface area contributed by atoms with Crippen LogP contribution >= 0.6 is 35.0 Å². The van der Waals surface area contributed by atoms with Crippen LogP contribution in [0.2, 0.25) is 10.0 Å². The number of nitrogens with one attached hydrogen (secondary N) is 1. The summed E-state index contributed by atoms with van der Waals surface area (Å²) in [6, 6.07) is 16.8. The lowest BCUT2D eigenvalue weighted by molar-refractivity contribution is -0.113. The van der Waals surface area contributed by atoms with Crippen LogP contribution in [0, 0.1) is 13.8 Å². The number of hydrogen-bond acceptors (Lipinski definition) is 5. The Morgan fingerprint density at radius 1 is 1.03 bits per heavy atom. The Bertz CT molecular complexity index is 1260. The van der Waals surface area contributed by atoms with Crippen molar-refractivity contribution in [3.05, 3.63) is 82.0 Å². The predicted molar refractivity (Wildman–Crippen MR) is 130 cm³/mol. The smallest absolute Gasteiger partial charge is 0.234 e. The molecule has 0 atom stereocenters. The van der Waals surface area contributed by atoms with Crippen LogP contribution in [0.25, 0.3) is 17.2 Å². The Hall–Kier alpha value is -2.87. The lowest BCUT2D eigenvalue weighted by Crippen LogP contribution is -2.15. The van der Waals surface area contributed by atoms with Gasteiger partial charge >= 0.3 is 0 Å². The second kappa shape index (κ2) is 9.73. The first-order chi connectivity index (χ1) is 15.4. The summed E-state index contributed by atoms with van der Waals surface area (Å²) in [5, 5.41) is 12.8. The average molecular weight is 484 g/mol. The number of aromatic nitrogens is 4. The largest absolute Gasteiger partial charge is 0.323 e. The number of aryl methyl sites for hydroxylation is 2. The molecular formula is C23H19Cl2N5OS. The SMILES string of the molecule is Cc1ccc(-n2c(SCC(=O)Nc3c(Cl)cccc3Cl)nnc2-c2ccccn2)c(C)c1. The Labute approximate surface area is 200 Å². The van der Waals surface area contributed by atoms with Gasteiger partial charge in [0, 0.05) is 6.20 Å². The van der Waals surface area contributed by atoms with Crippen molar-refractivity contribution in [1.29, 1.82) is 0 Å². The van der Waals surface area contributed by atoms with Crippen molar-refractivity contribution in [3.63, 3.8) is 0 Å². The van der Waals surface area contributed by atoms with Gasteiger partial charge in [0.1, 0.15) is 5.69 Å². The number of rotatable bonds is 6. The average Bonchev–Trinajstić information content (AvgIpc) is 3.19. The molecular weight excluding hydrogens is 465 g/mol. The van der Waals surface area contributed by atoms with Crippen molar-refractivity contribution in [2.24, 2.45) is 0 Å². The van der Waals surface area contributed by atoms with Crippen LogP contribution in [0.5, 0.6) is 0 Å². The molecule has 2 aromatic carbocycles. The van der Waals surface area contributed by atoms with Crippen molar-refractivity contribution in [3.8, 4) is 17.2 Å². The summed E-state index contributed by atoms with van der Waals surface area (Å²) in [5.74, 6) is 0.460. The highest BCUT2D eigenvalue weighted by atomic mass is 35.5. The van der Waals surface area contributed by atoms with E-state index in [1.165, 1.54) is 11.8 Å². The fraction of sp³-hybridized carbons (Fsp3) is 0.130. The van der Waals surface area contributed by atoms with E-state index < -0.39 is 0 Å². The fourth-order valence-corrected chi connectivity index (χ4v) is 4.46. The molecule has 0 unspecified atom stereocenters. The standard InChI is InChI=1S/C23H19Cl2N5OS/c1-14-9-10-19(15(2)12-14)30-22(18-8-3-4-11-26-18)28-29-23(30)32-13-20(31)27-21-16(24)6-5-7-17(21)25/h3-12H,13H2,1-2H3,(H,27,31). The van der Waals surface area contributed by atoms with E-state index in [4.69, 9.17) is 23.2 Å². The number of para-hydroxylation sites is 1. The van der Waals surface area contributed by atoms with Crippen LogP contribution in [0.3, 0.4) is 0 Å². The lowest BCUT2D eigenvalue weighted by Gasteiger charge is -2.13. The van der Waals surface area contributed by atoms with Crippen molar-refractivity contribution < 1.29 is 4.79 Å². The summed E-state index contributed by atoms with van der Waals surface area (Å²) in [7, 11) is 0. The third-order valence-corrected chi connectivity index (χ3v) is 6.24. The molecule has 2 aromatic heterocycles. The van der Waals surface area contributed by atoms with Gasteiger partial charge in [-0.2, -0.15) is 0 Å². The Kier molecular flexibility index (Phi) is 6.79. The highest BCUT2D eigenvalue weighted by Crippen LogP contribution is 2.31. The first-order valence-corrected chi connectivity index (χ1v) is 11.5. The van der Waals surface area contributed by atoms with Gasteiger partial charge in [-0.05, 0) is 49.7 Å². The predicted octanol–water partition coefficient (Wildman–Crippen LogP) is 5.98. The number of thioether (sulfide) groups is 1. The van der Waals surface area contributed by atoms with Gasteiger partial charge < -0.3 is 5.32 Å². The highest BCUT2D eigenvalue weighted by molar-refractivity contribution is 7.99. The minimum absolute atomic E-state index is 0.104. The number of hydrogen-bond donors (Lipinski definition) is 1. The molecule has 1 N–H and O–H groups in total. The topological polar surface area (TPSA) is 72.7 Å². The lowest BCUT2D eigenvalue weighted by atomic mass is 10.1. The maximum atomic E-state index is 12.6. The summed E-state index contributed by atoms with van der Waals surface area (Å²) in [4.78, 5) is 17.0. The van der Waals surface area contributed by atoms with Gasteiger partial charge in [0.2, 0.25) is 5.91 Å². The number of nitrogens with zero attached hydrogens (tertiary/aromatic N) is 4. The number of amides is 1. The quantitative estimate of drug-likeness (QED) is 0.341. The van der Waals surface area contributed by atoms with Gasteiger partial charge in [0.25, 0.3) is 0 Å². The monoisotopic (exact) mass is 483 g/mol. The molecule has 0 saturated carbocycles. The van der Waals surface area contributed by atoms with Gasteiger partial charge in [0.15, 0.2) is 11.0 Å². The summed E-state index contributed by atoms with van der Waals surface area (Å²) in [5.41, 5.74) is 4.24. The van der Waals surface area contributed by atoms with Crippen molar-refractivity contribution in [2.75, 3.05) is 11.1 Å². The van der Waals surface area contributed by atoms with Crippen LogP contribution in [0.15, 0.2) is 66.0 Å². The second-order valence-electron chi connectivity index (χ2n) is 7.08. The van der Waals surface area contributed by atoms with Gasteiger partial charge in [-0.15, -0.1) is 10.2 Å². The molecule has 1 amide bonds. The van der Waals surface area contributed by atoms with Crippen molar-refractivity contribution in [2.45, 2.75) is 19.0 Å². The first kappa shape index (κ1) is 22.3. The molecule has 32 heavy (non-hydrogen) atoms. The highest BCUT2D eigenvalue weighted by Gasteiger charge is 2.20. The van der Waals surface area contributed by atoms with Crippen molar-refractivity contribution >= 4 is 46.6 Å². The van der Waals surface area contributed by atoms with E-state index in [-0.39, 0.29) is 11.7 Å². The van der Waals surface area contributed by atoms with E-state index in [0.717, 1.165) is 16.8 Å². The minimum Gasteiger partial charge on any atom is -0.323 e. The molecule has 0 spiro atoms. The molecule has 0 aliphatic carbocycles. The molecule has 2 heterocycles. The fourth-order valence-electron chi connectivity index (χ4n) is 3.22. The summed E-state index contributed by atoms with van der Waals surface area (Å²) in [6.45, 7) is 4.08. The molecule has 0 fully saturated rings. The zero-order chi connectivity index (χ0) is 22.7. The van der Waals surface area contributed by atoms with Crippen LogP contribution in [-0.4, -0.2) is 31.4 Å². The minimum atomic E-state index is -0.250. The third-order valence-electron chi connectivity index (χ3n) is 4.68. The molecule has 4 aromatic rings. The number of benzene rings is 2. The maximum Gasteiger partial charge on any atom is 0.234 e. The molecule has 162 valence electrons. The van der Waals surface area contributed by atoms with E-state index in [9.17, 15) is 4.79 Å². The molecule has 6 nitrogen and oxygen atoms in total. The van der Waals surface area contributed by atoms with Gasteiger partial charge in [-0.1, -0.05) is 64.8 Å². The van der Waals surface area contributed by atoms with Gasteiger partial charge in [-0.3, -0.25) is 14.3 Å². The molecule has 4 rings (SSSR count). The normalized spacial score (nSPS) is 10.9. The van der Waals surface area contributed by atoms with E-state index in [2.05, 4.69) is 26.6 Å². The number of carbonyl (C=O) groups is 1. The number of anilines is 1. The Morgan fingerprint density at radius 3 is 2.50 bits per heavy atom. The molecule has 0 radical (unpaired) electrons. The first-order valence-electron chi connectivity index (χ1n) is 9.75. The van der Waals surface area contributed by atoms with Gasteiger partial charge in [0.05, 0.1) is 27.2 Å². The van der Waals surface area contributed by atoms with Crippen LogP contribution in [0.1, 0.15) is 11.1 Å². The second-order valence-corrected chi connectivity index (χ2v) is 8.84. The maximum absolute atomic E-state index is 12.6. The molecule has 0 aliphatic heterocycles. The number of pyridine rings is 1.